The van der Waals surface area contributed by atoms with Gasteiger partial charge in [-0.1, -0.05) is 19.8 Å². The van der Waals surface area contributed by atoms with E-state index in [-0.39, 0.29) is 34.9 Å². The highest BCUT2D eigenvalue weighted by Gasteiger charge is 2.24. The normalized spacial score (nSPS) is 22.9. The zero-order chi connectivity index (χ0) is 24.8. The van der Waals surface area contributed by atoms with E-state index in [1.165, 1.54) is 12.6 Å². The molecule has 1 saturated heterocycles. The molecule has 3 atom stereocenters. The van der Waals surface area contributed by atoms with Crippen molar-refractivity contribution in [2.45, 2.75) is 57.5 Å². The Morgan fingerprint density at radius 3 is 2.77 bits per heavy atom. The third-order valence-electron chi connectivity index (χ3n) is 6.67. The van der Waals surface area contributed by atoms with Crippen LogP contribution in [0.1, 0.15) is 57.3 Å². The standard InChI is InChI=1S/C25H35N7O3/c1-16-6-3-7-17(12-16)28-24(33)19(14-26)23-30-21(27-2)13-22(31-23)29-20-9-4-10-32(25(20)34)18-8-5-11-35-15-18/h4,9-10,13-14,16-18H,3,5-8,11-12,15,26H2,1-2H3,(H,28,33)(H2,27,29,30,31)/b19-14+/t16?,17-,18?/m1/s1. The predicted octanol–water partition coefficient (Wildman–Crippen LogP) is 2.77. The van der Waals surface area contributed by atoms with E-state index in [2.05, 4.69) is 32.8 Å². The Morgan fingerprint density at radius 2 is 2.06 bits per heavy atom. The predicted molar refractivity (Wildman–Crippen MR) is 136 cm³/mol. The number of aromatic nitrogens is 3. The van der Waals surface area contributed by atoms with Crippen molar-refractivity contribution in [2.24, 2.45) is 11.7 Å². The SMILES string of the molecule is CNc1cc(Nc2cccn(C3CCCOC3)c2=O)nc(/C(=C\N)C(=O)N[C@@H]2CCCC(C)C2)n1. The van der Waals surface area contributed by atoms with Crippen molar-refractivity contribution >= 4 is 28.8 Å². The molecule has 188 valence electrons. The van der Waals surface area contributed by atoms with Crippen LogP contribution in [0.5, 0.6) is 0 Å². The molecule has 4 rings (SSSR count). The number of nitrogens with one attached hydrogen (secondary N) is 3. The van der Waals surface area contributed by atoms with Gasteiger partial charge in [-0.2, -0.15) is 0 Å². The highest BCUT2D eigenvalue weighted by Crippen LogP contribution is 2.25. The second-order valence-electron chi connectivity index (χ2n) is 9.36. The molecule has 1 saturated carbocycles. The first-order chi connectivity index (χ1) is 17.0. The van der Waals surface area contributed by atoms with Gasteiger partial charge in [0.2, 0.25) is 0 Å². The van der Waals surface area contributed by atoms with Gasteiger partial charge in [-0.3, -0.25) is 9.59 Å². The maximum atomic E-state index is 13.1. The number of carbonyl (C=O) groups is 1. The fourth-order valence-corrected chi connectivity index (χ4v) is 4.81. The van der Waals surface area contributed by atoms with Gasteiger partial charge in [-0.15, -0.1) is 0 Å². The molecule has 10 nitrogen and oxygen atoms in total. The molecule has 10 heteroatoms. The summed E-state index contributed by atoms with van der Waals surface area (Å²) in [7, 11) is 1.73. The van der Waals surface area contributed by atoms with Crippen LogP contribution in [-0.4, -0.2) is 46.7 Å². The maximum absolute atomic E-state index is 13.1. The van der Waals surface area contributed by atoms with Gasteiger partial charge in [0.1, 0.15) is 17.3 Å². The molecule has 0 aromatic carbocycles. The fraction of sp³-hybridized carbons (Fsp3) is 0.520. The number of amides is 1. The molecule has 2 aliphatic rings. The van der Waals surface area contributed by atoms with Gasteiger partial charge in [0.25, 0.3) is 11.5 Å². The minimum absolute atomic E-state index is 0.00445. The first-order valence-electron chi connectivity index (χ1n) is 12.3. The van der Waals surface area contributed by atoms with E-state index in [0.717, 1.165) is 38.7 Å². The largest absolute Gasteiger partial charge is 0.404 e. The molecule has 0 bridgehead atoms. The molecule has 3 heterocycles. The quantitative estimate of drug-likeness (QED) is 0.443. The summed E-state index contributed by atoms with van der Waals surface area (Å²) < 4.78 is 7.25. The molecule has 2 unspecified atom stereocenters. The Bertz CT molecular complexity index is 1120. The van der Waals surface area contributed by atoms with Crippen LogP contribution in [0.25, 0.3) is 5.57 Å². The highest BCUT2D eigenvalue weighted by atomic mass is 16.5. The van der Waals surface area contributed by atoms with Crippen LogP contribution < -0.4 is 27.2 Å². The third-order valence-corrected chi connectivity index (χ3v) is 6.67. The molecule has 1 amide bonds. The van der Waals surface area contributed by atoms with Crippen LogP contribution in [0.4, 0.5) is 17.3 Å². The summed E-state index contributed by atoms with van der Waals surface area (Å²) in [5.41, 5.74) is 6.26. The topological polar surface area (TPSA) is 136 Å². The van der Waals surface area contributed by atoms with E-state index in [1.807, 2.05) is 6.07 Å². The number of anilines is 3. The first-order valence-corrected chi connectivity index (χ1v) is 12.3. The lowest BCUT2D eigenvalue weighted by atomic mass is 9.87. The van der Waals surface area contributed by atoms with Crippen LogP contribution >= 0.6 is 0 Å². The van der Waals surface area contributed by atoms with E-state index in [9.17, 15) is 9.59 Å². The second-order valence-corrected chi connectivity index (χ2v) is 9.36. The number of rotatable bonds is 7. The van der Waals surface area contributed by atoms with Crippen LogP contribution in [0.3, 0.4) is 0 Å². The molecular weight excluding hydrogens is 446 g/mol. The van der Waals surface area contributed by atoms with Crippen molar-refractivity contribution in [2.75, 3.05) is 30.9 Å². The minimum atomic E-state index is -0.301. The van der Waals surface area contributed by atoms with Crippen LogP contribution in [0, 0.1) is 5.92 Å². The molecule has 0 spiro atoms. The summed E-state index contributed by atoms with van der Waals surface area (Å²) in [5.74, 6) is 1.33. The van der Waals surface area contributed by atoms with Gasteiger partial charge in [0.15, 0.2) is 5.82 Å². The summed E-state index contributed by atoms with van der Waals surface area (Å²) in [6.07, 6.45) is 9.00. The lowest BCUT2D eigenvalue weighted by Crippen LogP contribution is -2.38. The zero-order valence-electron chi connectivity index (χ0n) is 20.4. The monoisotopic (exact) mass is 481 g/mol. The summed E-state index contributed by atoms with van der Waals surface area (Å²) in [5, 5.41) is 9.18. The third kappa shape index (κ3) is 6.00. The van der Waals surface area contributed by atoms with Gasteiger partial charge in [-0.25, -0.2) is 9.97 Å². The van der Waals surface area contributed by atoms with Gasteiger partial charge >= 0.3 is 0 Å². The van der Waals surface area contributed by atoms with E-state index in [4.69, 9.17) is 10.5 Å². The number of hydrogen-bond donors (Lipinski definition) is 4. The Balaban J connectivity index is 1.57. The average molecular weight is 482 g/mol. The Labute approximate surface area is 205 Å². The summed E-state index contributed by atoms with van der Waals surface area (Å²) in [6.45, 7) is 3.45. The van der Waals surface area contributed by atoms with Crippen LogP contribution in [0.2, 0.25) is 0 Å². The van der Waals surface area contributed by atoms with E-state index >= 15 is 0 Å². The molecule has 2 aromatic heterocycles. The Morgan fingerprint density at radius 1 is 1.23 bits per heavy atom. The summed E-state index contributed by atoms with van der Waals surface area (Å²) in [6, 6.07) is 5.32. The van der Waals surface area contributed by atoms with Crippen molar-refractivity contribution < 1.29 is 9.53 Å². The van der Waals surface area contributed by atoms with Crippen molar-refractivity contribution in [1.82, 2.24) is 19.9 Å². The fourth-order valence-electron chi connectivity index (χ4n) is 4.81. The average Bonchev–Trinajstić information content (AvgIpc) is 2.86. The highest BCUT2D eigenvalue weighted by molar-refractivity contribution is 6.18. The van der Waals surface area contributed by atoms with Gasteiger partial charge in [0.05, 0.1) is 18.2 Å². The lowest BCUT2D eigenvalue weighted by Gasteiger charge is -2.27. The summed E-state index contributed by atoms with van der Waals surface area (Å²) in [4.78, 5) is 35.1. The van der Waals surface area contributed by atoms with Crippen molar-refractivity contribution in [1.29, 1.82) is 0 Å². The number of ether oxygens (including phenoxy) is 1. The molecule has 1 aliphatic heterocycles. The van der Waals surface area contributed by atoms with Gasteiger partial charge in [-0.05, 0) is 43.7 Å². The number of hydrogen-bond acceptors (Lipinski definition) is 8. The molecule has 1 aliphatic carbocycles. The number of carbonyl (C=O) groups excluding carboxylic acids is 1. The van der Waals surface area contributed by atoms with E-state index < -0.39 is 0 Å². The minimum Gasteiger partial charge on any atom is -0.404 e. The molecule has 2 aromatic rings. The maximum Gasteiger partial charge on any atom is 0.274 e. The second kappa shape index (κ2) is 11.4. The van der Waals surface area contributed by atoms with Crippen LogP contribution in [0.15, 0.2) is 35.4 Å². The smallest absolute Gasteiger partial charge is 0.274 e. The lowest BCUT2D eigenvalue weighted by molar-refractivity contribution is -0.116. The number of nitrogens with zero attached hydrogens (tertiary/aromatic N) is 3. The molecule has 5 N–H and O–H groups in total. The number of pyridine rings is 1. The van der Waals surface area contributed by atoms with E-state index in [0.29, 0.717) is 29.8 Å². The molecule has 2 fully saturated rings. The van der Waals surface area contributed by atoms with Crippen molar-refractivity contribution in [3.63, 3.8) is 0 Å². The Kier molecular flexibility index (Phi) is 8.02. The van der Waals surface area contributed by atoms with Crippen molar-refractivity contribution in [3.05, 3.63) is 46.8 Å². The van der Waals surface area contributed by atoms with Crippen molar-refractivity contribution in [3.8, 4) is 0 Å². The zero-order valence-corrected chi connectivity index (χ0v) is 20.4. The van der Waals surface area contributed by atoms with Gasteiger partial charge in [0, 0.05) is 38.2 Å². The molecule has 35 heavy (non-hydrogen) atoms. The molecular formula is C25H35N7O3. The summed E-state index contributed by atoms with van der Waals surface area (Å²) >= 11 is 0. The Hall–Kier alpha value is -3.40. The van der Waals surface area contributed by atoms with Gasteiger partial charge < -0.3 is 31.0 Å². The number of nitrogens with two attached hydrogens (primary N) is 1. The van der Waals surface area contributed by atoms with E-state index in [1.54, 1.807) is 29.9 Å². The van der Waals surface area contributed by atoms with Crippen LogP contribution in [-0.2, 0) is 9.53 Å². The molecule has 0 radical (unpaired) electrons. The first kappa shape index (κ1) is 24.7.